The van der Waals surface area contributed by atoms with E-state index in [0.29, 0.717) is 0 Å². The number of sulfone groups is 1. The Morgan fingerprint density at radius 2 is 2.15 bits per heavy atom. The first-order valence-corrected chi connectivity index (χ1v) is 7.58. The van der Waals surface area contributed by atoms with Crippen molar-refractivity contribution in [2.24, 2.45) is 5.92 Å². The molecule has 0 fully saturated rings. The highest BCUT2D eigenvalue weighted by molar-refractivity contribution is 7.90. The van der Waals surface area contributed by atoms with Crippen LogP contribution in [-0.2, 0) is 25.1 Å². The third-order valence-corrected chi connectivity index (χ3v) is 4.42. The van der Waals surface area contributed by atoms with E-state index in [1.54, 1.807) is 6.07 Å². The van der Waals surface area contributed by atoms with Crippen molar-refractivity contribution in [3.8, 4) is 6.07 Å². The SMILES string of the molecule is COC(=O)C(C)CS(=O)(=O)Cc1ccc(C#N)cc1F. The van der Waals surface area contributed by atoms with Gasteiger partial charge in [-0.05, 0) is 12.1 Å². The Morgan fingerprint density at radius 3 is 2.65 bits per heavy atom. The van der Waals surface area contributed by atoms with E-state index in [1.165, 1.54) is 26.2 Å². The first kappa shape index (κ1) is 16.1. The van der Waals surface area contributed by atoms with E-state index in [-0.39, 0.29) is 11.1 Å². The molecule has 0 radical (unpaired) electrons. The number of benzene rings is 1. The maximum absolute atomic E-state index is 13.6. The number of halogens is 1. The average molecular weight is 299 g/mol. The van der Waals surface area contributed by atoms with Crippen LogP contribution < -0.4 is 0 Å². The lowest BCUT2D eigenvalue weighted by Gasteiger charge is -2.10. The summed E-state index contributed by atoms with van der Waals surface area (Å²) in [5.41, 5.74) is 0.0904. The lowest BCUT2D eigenvalue weighted by molar-refractivity contribution is -0.144. The summed E-state index contributed by atoms with van der Waals surface area (Å²) in [6, 6.07) is 5.35. The lowest BCUT2D eigenvalue weighted by Crippen LogP contribution is -2.23. The third kappa shape index (κ3) is 4.31. The van der Waals surface area contributed by atoms with Crippen LogP contribution in [0.3, 0.4) is 0 Å². The second kappa shape index (κ2) is 6.48. The largest absolute Gasteiger partial charge is 0.469 e. The molecular weight excluding hydrogens is 285 g/mol. The van der Waals surface area contributed by atoms with Crippen molar-refractivity contribution in [1.82, 2.24) is 0 Å². The summed E-state index contributed by atoms with van der Waals surface area (Å²) in [5, 5.41) is 8.61. The fourth-order valence-corrected chi connectivity index (χ4v) is 3.40. The first-order chi connectivity index (χ1) is 9.29. The minimum Gasteiger partial charge on any atom is -0.469 e. The van der Waals surface area contributed by atoms with Gasteiger partial charge in [-0.3, -0.25) is 4.79 Å². The highest BCUT2D eigenvalue weighted by Gasteiger charge is 2.23. The van der Waals surface area contributed by atoms with Gasteiger partial charge in [0, 0.05) is 5.56 Å². The van der Waals surface area contributed by atoms with Crippen molar-refractivity contribution in [3.05, 3.63) is 35.1 Å². The van der Waals surface area contributed by atoms with Gasteiger partial charge in [0.15, 0.2) is 9.84 Å². The van der Waals surface area contributed by atoms with Crippen molar-refractivity contribution in [1.29, 1.82) is 5.26 Å². The molecule has 0 aromatic heterocycles. The van der Waals surface area contributed by atoms with E-state index in [9.17, 15) is 17.6 Å². The number of methoxy groups -OCH3 is 1. The van der Waals surface area contributed by atoms with Crippen LogP contribution in [-0.4, -0.2) is 27.2 Å². The summed E-state index contributed by atoms with van der Waals surface area (Å²) in [5.74, 6) is -3.14. The molecule has 0 spiro atoms. The molecule has 0 amide bonds. The Kier molecular flexibility index (Phi) is 5.22. The van der Waals surface area contributed by atoms with Crippen LogP contribution in [0.2, 0.25) is 0 Å². The van der Waals surface area contributed by atoms with E-state index in [2.05, 4.69) is 4.74 Å². The molecule has 0 aliphatic heterocycles. The molecule has 0 aliphatic rings. The third-order valence-electron chi connectivity index (χ3n) is 2.67. The Bertz CT molecular complexity index is 649. The minimum atomic E-state index is -3.65. The zero-order chi connectivity index (χ0) is 15.3. The van der Waals surface area contributed by atoms with Gasteiger partial charge < -0.3 is 4.74 Å². The quantitative estimate of drug-likeness (QED) is 0.768. The van der Waals surface area contributed by atoms with E-state index >= 15 is 0 Å². The summed E-state index contributed by atoms with van der Waals surface area (Å²) < 4.78 is 41.9. The van der Waals surface area contributed by atoms with Gasteiger partial charge in [-0.15, -0.1) is 0 Å². The average Bonchev–Trinajstić information content (AvgIpc) is 2.39. The zero-order valence-corrected chi connectivity index (χ0v) is 11.9. The second-order valence-electron chi connectivity index (χ2n) is 4.40. The predicted octanol–water partition coefficient (Wildman–Crippen LogP) is 1.42. The van der Waals surface area contributed by atoms with Crippen molar-refractivity contribution >= 4 is 15.8 Å². The normalized spacial score (nSPS) is 12.5. The number of rotatable bonds is 5. The Balaban J connectivity index is 2.87. The maximum atomic E-state index is 13.6. The summed E-state index contributed by atoms with van der Waals surface area (Å²) in [6.07, 6.45) is 0. The van der Waals surface area contributed by atoms with Crippen LogP contribution in [0.5, 0.6) is 0 Å². The Morgan fingerprint density at radius 1 is 1.50 bits per heavy atom. The van der Waals surface area contributed by atoms with E-state index in [1.807, 2.05) is 0 Å². The number of esters is 1. The molecule has 0 saturated heterocycles. The van der Waals surface area contributed by atoms with Gasteiger partial charge in [0.1, 0.15) is 5.82 Å². The molecule has 5 nitrogen and oxygen atoms in total. The summed E-state index contributed by atoms with van der Waals surface area (Å²) in [7, 11) is -2.48. The molecule has 108 valence electrons. The number of carbonyl (C=O) groups excluding carboxylic acids is 1. The number of carbonyl (C=O) groups is 1. The molecule has 7 heteroatoms. The molecule has 0 bridgehead atoms. The molecule has 0 saturated carbocycles. The molecule has 1 rings (SSSR count). The Labute approximate surface area is 116 Å². The number of hydrogen-bond acceptors (Lipinski definition) is 5. The maximum Gasteiger partial charge on any atom is 0.309 e. The van der Waals surface area contributed by atoms with Crippen molar-refractivity contribution in [3.63, 3.8) is 0 Å². The van der Waals surface area contributed by atoms with Gasteiger partial charge in [-0.1, -0.05) is 13.0 Å². The topological polar surface area (TPSA) is 84.2 Å². The molecule has 1 aromatic carbocycles. The summed E-state index contributed by atoms with van der Waals surface area (Å²) in [4.78, 5) is 11.2. The Hall–Kier alpha value is -1.94. The van der Waals surface area contributed by atoms with Crippen LogP contribution in [0.1, 0.15) is 18.1 Å². The summed E-state index contributed by atoms with van der Waals surface area (Å²) >= 11 is 0. The van der Waals surface area contributed by atoms with Crippen LogP contribution in [0.15, 0.2) is 18.2 Å². The minimum absolute atomic E-state index is 0.0268. The van der Waals surface area contributed by atoms with Gasteiger partial charge in [-0.2, -0.15) is 5.26 Å². The zero-order valence-electron chi connectivity index (χ0n) is 11.1. The van der Waals surface area contributed by atoms with Gasteiger partial charge in [0.05, 0.1) is 36.2 Å². The van der Waals surface area contributed by atoms with Crippen molar-refractivity contribution in [2.45, 2.75) is 12.7 Å². The molecule has 20 heavy (non-hydrogen) atoms. The molecule has 1 unspecified atom stereocenters. The highest BCUT2D eigenvalue weighted by atomic mass is 32.2. The number of hydrogen-bond donors (Lipinski definition) is 0. The first-order valence-electron chi connectivity index (χ1n) is 5.76. The number of nitrogens with zero attached hydrogens (tertiary/aromatic N) is 1. The second-order valence-corrected chi connectivity index (χ2v) is 6.51. The number of nitriles is 1. The molecule has 0 aliphatic carbocycles. The fourth-order valence-electron chi connectivity index (χ4n) is 1.68. The fraction of sp³-hybridized carbons (Fsp3) is 0.385. The molecule has 1 aromatic rings. The van der Waals surface area contributed by atoms with Crippen LogP contribution in [0.4, 0.5) is 4.39 Å². The molecule has 0 N–H and O–H groups in total. The predicted molar refractivity (Wildman–Crippen MR) is 69.8 cm³/mol. The summed E-state index contributed by atoms with van der Waals surface area (Å²) in [6.45, 7) is 1.43. The monoisotopic (exact) mass is 299 g/mol. The standard InChI is InChI=1S/C13H14FNO4S/c1-9(13(16)19-2)7-20(17,18)8-11-4-3-10(6-15)5-12(11)14/h3-5,9H,7-8H2,1-2H3. The molecular formula is C13H14FNO4S. The van der Waals surface area contributed by atoms with Crippen LogP contribution >= 0.6 is 0 Å². The van der Waals surface area contributed by atoms with Gasteiger partial charge in [-0.25, -0.2) is 12.8 Å². The van der Waals surface area contributed by atoms with Crippen LogP contribution in [0, 0.1) is 23.1 Å². The highest BCUT2D eigenvalue weighted by Crippen LogP contribution is 2.15. The van der Waals surface area contributed by atoms with Crippen LogP contribution in [0.25, 0.3) is 0 Å². The smallest absolute Gasteiger partial charge is 0.309 e. The van der Waals surface area contributed by atoms with Crippen molar-refractivity contribution < 1.29 is 22.3 Å². The molecule has 0 heterocycles. The van der Waals surface area contributed by atoms with E-state index in [0.717, 1.165) is 6.07 Å². The van der Waals surface area contributed by atoms with Gasteiger partial charge in [0.25, 0.3) is 0 Å². The van der Waals surface area contributed by atoms with Crippen molar-refractivity contribution in [2.75, 3.05) is 12.9 Å². The lowest BCUT2D eigenvalue weighted by atomic mass is 10.1. The van der Waals surface area contributed by atoms with Gasteiger partial charge in [0.2, 0.25) is 0 Å². The molecule has 1 atom stereocenters. The van der Waals surface area contributed by atoms with Gasteiger partial charge >= 0.3 is 5.97 Å². The number of ether oxygens (including phenoxy) is 1. The van der Waals surface area contributed by atoms with E-state index in [4.69, 9.17) is 5.26 Å². The van der Waals surface area contributed by atoms with E-state index < -0.39 is 39.0 Å².